The number of amides is 1. The molecule has 1 amide bonds. The number of carbonyl (C=O) groups excluding carboxylic acids is 1. The topological polar surface area (TPSA) is 66.3 Å². The standard InChI is InChI=1S/C25H19ClFN5O/c26-19-9-17(10-20(27)11-19)15-32(21-6-4-18(5-7-21)23-14-28-16-30-23)25(33)12-22-13-29-24-3-1-2-8-31(22)24/h1-11,13-14,16H,12,15H2,(H,28,30). The molecule has 0 saturated heterocycles. The summed E-state index contributed by atoms with van der Waals surface area (Å²) in [6.07, 6.45) is 7.06. The molecule has 0 radical (unpaired) electrons. The van der Waals surface area contributed by atoms with E-state index in [1.54, 1.807) is 29.7 Å². The highest BCUT2D eigenvalue weighted by Gasteiger charge is 2.19. The Morgan fingerprint density at radius 1 is 1.09 bits per heavy atom. The maximum atomic E-state index is 14.0. The molecule has 0 fully saturated rings. The van der Waals surface area contributed by atoms with Gasteiger partial charge in [-0.25, -0.2) is 14.4 Å². The highest BCUT2D eigenvalue weighted by molar-refractivity contribution is 6.30. The molecule has 0 unspecified atom stereocenters. The van der Waals surface area contributed by atoms with Crippen molar-refractivity contribution in [3.05, 3.63) is 108 Å². The Balaban J connectivity index is 1.48. The van der Waals surface area contributed by atoms with Crippen LogP contribution in [0.2, 0.25) is 5.02 Å². The van der Waals surface area contributed by atoms with Gasteiger partial charge in [-0.3, -0.25) is 4.79 Å². The molecule has 0 aliphatic rings. The average Bonchev–Trinajstić information content (AvgIpc) is 3.48. The SMILES string of the molecule is O=C(Cc1cnc2ccccn12)N(Cc1cc(F)cc(Cl)c1)c1ccc(-c2cnc[nH]2)cc1. The fourth-order valence-electron chi connectivity index (χ4n) is 3.81. The van der Waals surface area contributed by atoms with Crippen molar-refractivity contribution in [2.24, 2.45) is 0 Å². The molecular formula is C25H19ClFN5O. The normalized spacial score (nSPS) is 11.1. The third-order valence-corrected chi connectivity index (χ3v) is 5.60. The van der Waals surface area contributed by atoms with Crippen molar-refractivity contribution in [3.63, 3.8) is 0 Å². The van der Waals surface area contributed by atoms with Crippen LogP contribution in [0.1, 0.15) is 11.3 Å². The number of aromatic amines is 1. The minimum absolute atomic E-state index is 0.135. The number of rotatable bonds is 6. The van der Waals surface area contributed by atoms with Crippen LogP contribution in [0, 0.1) is 5.82 Å². The molecule has 1 N–H and O–H groups in total. The van der Waals surface area contributed by atoms with Gasteiger partial charge in [-0.1, -0.05) is 29.8 Å². The zero-order valence-corrected chi connectivity index (χ0v) is 18.2. The molecule has 0 aliphatic carbocycles. The van der Waals surface area contributed by atoms with Crippen LogP contribution in [0.4, 0.5) is 10.1 Å². The number of hydrogen-bond acceptors (Lipinski definition) is 3. The molecule has 6 nitrogen and oxygen atoms in total. The van der Waals surface area contributed by atoms with Gasteiger partial charge in [-0.05, 0) is 53.6 Å². The lowest BCUT2D eigenvalue weighted by molar-refractivity contribution is -0.118. The number of nitrogens with zero attached hydrogens (tertiary/aromatic N) is 4. The summed E-state index contributed by atoms with van der Waals surface area (Å²) in [6.45, 7) is 0.177. The number of pyridine rings is 1. The quantitative estimate of drug-likeness (QED) is 0.375. The van der Waals surface area contributed by atoms with E-state index in [-0.39, 0.29) is 23.9 Å². The number of aromatic nitrogens is 4. The second-order valence-corrected chi connectivity index (χ2v) is 8.06. The predicted octanol–water partition coefficient (Wildman–Crippen LogP) is 5.29. The second kappa shape index (κ2) is 8.88. The van der Waals surface area contributed by atoms with Gasteiger partial charge in [0.05, 0.1) is 36.9 Å². The van der Waals surface area contributed by atoms with Gasteiger partial charge in [-0.15, -0.1) is 0 Å². The molecule has 3 aromatic heterocycles. The van der Waals surface area contributed by atoms with Gasteiger partial charge < -0.3 is 14.3 Å². The summed E-state index contributed by atoms with van der Waals surface area (Å²) < 4.78 is 15.8. The molecule has 3 heterocycles. The molecule has 33 heavy (non-hydrogen) atoms. The molecule has 0 saturated carbocycles. The number of hydrogen-bond donors (Lipinski definition) is 1. The van der Waals surface area contributed by atoms with Gasteiger partial charge in [0, 0.05) is 23.1 Å². The first kappa shape index (κ1) is 20.9. The molecule has 2 aromatic carbocycles. The van der Waals surface area contributed by atoms with Gasteiger partial charge in [0.2, 0.25) is 5.91 Å². The number of carbonyl (C=O) groups is 1. The fraction of sp³-hybridized carbons (Fsp3) is 0.0800. The first-order chi connectivity index (χ1) is 16.1. The third-order valence-electron chi connectivity index (χ3n) is 5.38. The maximum absolute atomic E-state index is 14.0. The molecule has 164 valence electrons. The zero-order chi connectivity index (χ0) is 22.8. The number of nitrogens with one attached hydrogen (secondary N) is 1. The average molecular weight is 460 g/mol. The summed E-state index contributed by atoms with van der Waals surface area (Å²) in [6, 6.07) is 17.5. The zero-order valence-electron chi connectivity index (χ0n) is 17.5. The van der Waals surface area contributed by atoms with Crippen molar-refractivity contribution < 1.29 is 9.18 Å². The van der Waals surface area contributed by atoms with E-state index in [0.29, 0.717) is 11.3 Å². The molecule has 0 aliphatic heterocycles. The van der Waals surface area contributed by atoms with E-state index in [0.717, 1.165) is 22.6 Å². The van der Waals surface area contributed by atoms with Crippen molar-refractivity contribution in [2.75, 3.05) is 4.90 Å². The van der Waals surface area contributed by atoms with Crippen molar-refractivity contribution in [2.45, 2.75) is 13.0 Å². The Morgan fingerprint density at radius 2 is 1.94 bits per heavy atom. The molecule has 0 spiro atoms. The molecule has 5 rings (SSSR count). The van der Waals surface area contributed by atoms with Gasteiger partial charge in [0.25, 0.3) is 0 Å². The smallest absolute Gasteiger partial charge is 0.233 e. The highest BCUT2D eigenvalue weighted by atomic mass is 35.5. The highest BCUT2D eigenvalue weighted by Crippen LogP contribution is 2.25. The van der Waals surface area contributed by atoms with Crippen LogP contribution >= 0.6 is 11.6 Å². The number of halogens is 2. The Kier molecular flexibility index (Phi) is 5.62. The summed E-state index contributed by atoms with van der Waals surface area (Å²) in [5, 5.41) is 0.286. The second-order valence-electron chi connectivity index (χ2n) is 7.62. The van der Waals surface area contributed by atoms with Crippen LogP contribution in [0.15, 0.2) is 85.6 Å². The number of anilines is 1. The van der Waals surface area contributed by atoms with E-state index in [9.17, 15) is 9.18 Å². The summed E-state index contributed by atoms with van der Waals surface area (Å²) >= 11 is 6.05. The fourth-order valence-corrected chi connectivity index (χ4v) is 4.05. The minimum atomic E-state index is -0.443. The lowest BCUT2D eigenvalue weighted by Gasteiger charge is -2.23. The van der Waals surface area contributed by atoms with Gasteiger partial charge in [0.15, 0.2) is 0 Å². The first-order valence-electron chi connectivity index (χ1n) is 10.3. The van der Waals surface area contributed by atoms with Gasteiger partial charge in [0.1, 0.15) is 11.5 Å². The lowest BCUT2D eigenvalue weighted by Crippen LogP contribution is -2.32. The third kappa shape index (κ3) is 4.49. The van der Waals surface area contributed by atoms with Crippen molar-refractivity contribution in [3.8, 4) is 11.3 Å². The van der Waals surface area contributed by atoms with Crippen LogP contribution in [0.3, 0.4) is 0 Å². The van der Waals surface area contributed by atoms with Crippen molar-refractivity contribution in [1.82, 2.24) is 19.4 Å². The van der Waals surface area contributed by atoms with Crippen LogP contribution in [0.25, 0.3) is 16.9 Å². The van der Waals surface area contributed by atoms with Crippen LogP contribution < -0.4 is 4.90 Å². The first-order valence-corrected chi connectivity index (χ1v) is 10.7. The monoisotopic (exact) mass is 459 g/mol. The molecule has 5 aromatic rings. The Labute approximate surface area is 194 Å². The molecule has 8 heteroatoms. The maximum Gasteiger partial charge on any atom is 0.233 e. The van der Waals surface area contributed by atoms with E-state index in [2.05, 4.69) is 15.0 Å². The van der Waals surface area contributed by atoms with Gasteiger partial charge >= 0.3 is 0 Å². The Bertz CT molecular complexity index is 1390. The van der Waals surface area contributed by atoms with Crippen molar-refractivity contribution in [1.29, 1.82) is 0 Å². The number of H-pyrrole nitrogens is 1. The van der Waals surface area contributed by atoms with E-state index >= 15 is 0 Å². The number of fused-ring (bicyclic) bond motifs is 1. The largest absolute Gasteiger partial charge is 0.345 e. The van der Waals surface area contributed by atoms with E-state index in [1.807, 2.05) is 53.1 Å². The molecular weight excluding hydrogens is 441 g/mol. The van der Waals surface area contributed by atoms with E-state index in [1.165, 1.54) is 12.1 Å². The van der Waals surface area contributed by atoms with Crippen LogP contribution in [0.5, 0.6) is 0 Å². The molecule has 0 atom stereocenters. The summed E-state index contributed by atoms with van der Waals surface area (Å²) in [7, 11) is 0. The summed E-state index contributed by atoms with van der Waals surface area (Å²) in [5.74, 6) is -0.586. The van der Waals surface area contributed by atoms with E-state index in [4.69, 9.17) is 11.6 Å². The lowest BCUT2D eigenvalue weighted by atomic mass is 10.1. The van der Waals surface area contributed by atoms with Crippen LogP contribution in [-0.4, -0.2) is 25.3 Å². The van der Waals surface area contributed by atoms with Crippen molar-refractivity contribution >= 4 is 28.8 Å². The minimum Gasteiger partial charge on any atom is -0.345 e. The number of benzene rings is 2. The summed E-state index contributed by atoms with van der Waals surface area (Å²) in [4.78, 5) is 26.6. The Hall–Kier alpha value is -3.97. The summed E-state index contributed by atoms with van der Waals surface area (Å²) in [5.41, 5.74) is 4.66. The van der Waals surface area contributed by atoms with Gasteiger partial charge in [-0.2, -0.15) is 0 Å². The Morgan fingerprint density at radius 3 is 2.70 bits per heavy atom. The predicted molar refractivity (Wildman–Crippen MR) is 126 cm³/mol. The van der Waals surface area contributed by atoms with Crippen LogP contribution in [-0.2, 0) is 17.8 Å². The number of imidazole rings is 2. The molecule has 0 bridgehead atoms. The van der Waals surface area contributed by atoms with E-state index < -0.39 is 5.82 Å².